The zero-order valence-corrected chi connectivity index (χ0v) is 15.2. The van der Waals surface area contributed by atoms with E-state index in [2.05, 4.69) is 29.0 Å². The van der Waals surface area contributed by atoms with Gasteiger partial charge >= 0.3 is 5.97 Å². The summed E-state index contributed by atoms with van der Waals surface area (Å²) in [6, 6.07) is 5.47. The third-order valence-electron chi connectivity index (χ3n) is 3.95. The molecule has 0 saturated carbocycles. The number of hydrogen-bond donors (Lipinski definition) is 1. The number of carbonyl (C=O) groups is 1. The van der Waals surface area contributed by atoms with E-state index in [0.717, 1.165) is 42.8 Å². The summed E-state index contributed by atoms with van der Waals surface area (Å²) in [7, 11) is 0. The molecule has 0 fully saturated rings. The summed E-state index contributed by atoms with van der Waals surface area (Å²) in [5.74, 6) is -0.378. The number of hydrogen-bond acceptors (Lipinski definition) is 5. The van der Waals surface area contributed by atoms with Crippen molar-refractivity contribution in [3.63, 3.8) is 0 Å². The van der Waals surface area contributed by atoms with E-state index in [9.17, 15) is 4.79 Å². The minimum absolute atomic E-state index is 0.325. The number of benzene rings is 1. The van der Waals surface area contributed by atoms with Gasteiger partial charge in [-0.05, 0) is 38.2 Å². The highest BCUT2D eigenvalue weighted by molar-refractivity contribution is 6.31. The van der Waals surface area contributed by atoms with Gasteiger partial charge in [0, 0.05) is 29.7 Å². The molecule has 6 heteroatoms. The van der Waals surface area contributed by atoms with Crippen molar-refractivity contribution in [2.45, 2.75) is 20.8 Å². The Balaban J connectivity index is 2.36. The fourth-order valence-electron chi connectivity index (χ4n) is 2.60. The first-order chi connectivity index (χ1) is 11.6. The number of fused-ring (bicyclic) bond motifs is 1. The van der Waals surface area contributed by atoms with E-state index >= 15 is 0 Å². The highest BCUT2D eigenvalue weighted by Crippen LogP contribution is 2.29. The van der Waals surface area contributed by atoms with Gasteiger partial charge in [-0.2, -0.15) is 0 Å². The van der Waals surface area contributed by atoms with Crippen LogP contribution in [0.5, 0.6) is 0 Å². The van der Waals surface area contributed by atoms with Gasteiger partial charge in [0.15, 0.2) is 0 Å². The number of anilines is 1. The van der Waals surface area contributed by atoms with Crippen molar-refractivity contribution in [2.24, 2.45) is 0 Å². The zero-order valence-electron chi connectivity index (χ0n) is 14.4. The molecule has 2 aromatic rings. The van der Waals surface area contributed by atoms with Crippen molar-refractivity contribution in [1.82, 2.24) is 9.88 Å². The molecule has 0 bridgehead atoms. The van der Waals surface area contributed by atoms with Gasteiger partial charge in [-0.15, -0.1) is 0 Å². The second-order valence-electron chi connectivity index (χ2n) is 5.38. The van der Waals surface area contributed by atoms with E-state index in [4.69, 9.17) is 16.3 Å². The van der Waals surface area contributed by atoms with E-state index in [1.807, 2.05) is 12.1 Å². The molecule has 0 amide bonds. The van der Waals surface area contributed by atoms with Gasteiger partial charge in [-0.3, -0.25) is 4.98 Å². The van der Waals surface area contributed by atoms with E-state index in [-0.39, 0.29) is 5.97 Å². The molecular formula is C18H24ClN3O2. The minimum Gasteiger partial charge on any atom is -0.462 e. The van der Waals surface area contributed by atoms with Crippen molar-refractivity contribution >= 4 is 34.2 Å². The topological polar surface area (TPSA) is 54.5 Å². The van der Waals surface area contributed by atoms with Gasteiger partial charge in [0.25, 0.3) is 0 Å². The highest BCUT2D eigenvalue weighted by atomic mass is 35.5. The van der Waals surface area contributed by atoms with Crippen LogP contribution in [-0.4, -0.2) is 48.6 Å². The van der Waals surface area contributed by atoms with Crippen LogP contribution in [0.4, 0.5) is 5.69 Å². The van der Waals surface area contributed by atoms with Crippen LogP contribution < -0.4 is 5.32 Å². The molecule has 5 nitrogen and oxygen atoms in total. The maximum Gasteiger partial charge on any atom is 0.341 e. The molecule has 1 heterocycles. The second kappa shape index (κ2) is 8.85. The number of aromatic nitrogens is 1. The third-order valence-corrected chi connectivity index (χ3v) is 4.18. The van der Waals surface area contributed by atoms with E-state index < -0.39 is 0 Å². The number of rotatable bonds is 8. The van der Waals surface area contributed by atoms with Crippen molar-refractivity contribution in [3.05, 3.63) is 35.0 Å². The van der Waals surface area contributed by atoms with E-state index in [1.165, 1.54) is 0 Å². The first-order valence-corrected chi connectivity index (χ1v) is 8.70. The van der Waals surface area contributed by atoms with Crippen molar-refractivity contribution in [2.75, 3.05) is 38.1 Å². The number of carbonyl (C=O) groups excluding carboxylic acids is 1. The SMILES string of the molecule is CCOC(=O)c1cnc2ccc(Cl)cc2c1NCCN(CC)CC. The van der Waals surface area contributed by atoms with Crippen LogP contribution in [0.15, 0.2) is 24.4 Å². The lowest BCUT2D eigenvalue weighted by molar-refractivity contribution is 0.0527. The van der Waals surface area contributed by atoms with Gasteiger partial charge in [0.2, 0.25) is 0 Å². The average Bonchev–Trinajstić information content (AvgIpc) is 2.58. The third kappa shape index (κ3) is 4.36. The summed E-state index contributed by atoms with van der Waals surface area (Å²) in [6.07, 6.45) is 1.56. The van der Waals surface area contributed by atoms with Crippen molar-refractivity contribution in [1.29, 1.82) is 0 Å². The first kappa shape index (κ1) is 18.5. The fourth-order valence-corrected chi connectivity index (χ4v) is 2.77. The lowest BCUT2D eigenvalue weighted by Gasteiger charge is -2.20. The van der Waals surface area contributed by atoms with Crippen LogP contribution in [0.2, 0.25) is 5.02 Å². The minimum atomic E-state index is -0.378. The molecule has 130 valence electrons. The van der Waals surface area contributed by atoms with Crippen LogP contribution in [0, 0.1) is 0 Å². The van der Waals surface area contributed by atoms with E-state index in [0.29, 0.717) is 17.2 Å². The van der Waals surface area contributed by atoms with Gasteiger partial charge in [0.05, 0.1) is 17.8 Å². The van der Waals surface area contributed by atoms with Gasteiger partial charge in [-0.1, -0.05) is 25.4 Å². The van der Waals surface area contributed by atoms with Gasteiger partial charge < -0.3 is 15.0 Å². The van der Waals surface area contributed by atoms with Crippen LogP contribution in [0.3, 0.4) is 0 Å². The molecule has 1 aromatic carbocycles. The Morgan fingerprint density at radius 3 is 2.71 bits per heavy atom. The molecule has 1 N–H and O–H groups in total. The predicted molar refractivity (Wildman–Crippen MR) is 99.0 cm³/mol. The number of likely N-dealkylation sites (N-methyl/N-ethyl adjacent to an activating group) is 1. The number of nitrogens with one attached hydrogen (secondary N) is 1. The Morgan fingerprint density at radius 2 is 2.04 bits per heavy atom. The number of ether oxygens (including phenoxy) is 1. The number of halogens is 1. The van der Waals surface area contributed by atoms with Gasteiger partial charge in [-0.25, -0.2) is 4.79 Å². The molecule has 0 aliphatic heterocycles. The quantitative estimate of drug-likeness (QED) is 0.734. The summed E-state index contributed by atoms with van der Waals surface area (Å²) >= 11 is 6.13. The fraction of sp³-hybridized carbons (Fsp3) is 0.444. The smallest absolute Gasteiger partial charge is 0.341 e. The summed E-state index contributed by atoms with van der Waals surface area (Å²) in [5, 5.41) is 4.82. The Morgan fingerprint density at radius 1 is 1.29 bits per heavy atom. The molecule has 0 spiro atoms. The van der Waals surface area contributed by atoms with Crippen LogP contribution >= 0.6 is 11.6 Å². The van der Waals surface area contributed by atoms with Gasteiger partial charge in [0.1, 0.15) is 5.56 Å². The molecule has 2 rings (SSSR count). The maximum atomic E-state index is 12.3. The Labute approximate surface area is 148 Å². The average molecular weight is 350 g/mol. The van der Waals surface area contributed by atoms with E-state index in [1.54, 1.807) is 19.2 Å². The normalized spacial score (nSPS) is 11.0. The lowest BCUT2D eigenvalue weighted by Crippen LogP contribution is -2.29. The lowest BCUT2D eigenvalue weighted by atomic mass is 10.1. The molecule has 0 unspecified atom stereocenters. The summed E-state index contributed by atoms with van der Waals surface area (Å²) in [5.41, 5.74) is 1.96. The van der Waals surface area contributed by atoms with Crippen LogP contribution in [0.25, 0.3) is 10.9 Å². The molecule has 1 aromatic heterocycles. The van der Waals surface area contributed by atoms with Crippen LogP contribution in [0.1, 0.15) is 31.1 Å². The molecule has 0 radical (unpaired) electrons. The monoisotopic (exact) mass is 349 g/mol. The van der Waals surface area contributed by atoms with Crippen molar-refractivity contribution < 1.29 is 9.53 Å². The molecule has 24 heavy (non-hydrogen) atoms. The molecule has 0 atom stereocenters. The number of nitrogens with zero attached hydrogens (tertiary/aromatic N) is 2. The summed E-state index contributed by atoms with van der Waals surface area (Å²) in [4.78, 5) is 18.9. The largest absolute Gasteiger partial charge is 0.462 e. The Kier molecular flexibility index (Phi) is 6.82. The summed E-state index contributed by atoms with van der Waals surface area (Å²) in [6.45, 7) is 9.98. The number of esters is 1. The molecule has 0 aliphatic carbocycles. The van der Waals surface area contributed by atoms with Crippen LogP contribution in [-0.2, 0) is 4.74 Å². The maximum absolute atomic E-state index is 12.3. The molecular weight excluding hydrogens is 326 g/mol. The summed E-state index contributed by atoms with van der Waals surface area (Å²) < 4.78 is 5.16. The standard InChI is InChI=1S/C18H24ClN3O2/c1-4-22(5-2)10-9-20-17-14-11-13(19)7-8-16(14)21-12-15(17)18(23)24-6-3/h7-8,11-12H,4-6,9-10H2,1-3H3,(H,20,21). The Hall–Kier alpha value is -1.85. The Bertz CT molecular complexity index is 702. The first-order valence-electron chi connectivity index (χ1n) is 8.32. The zero-order chi connectivity index (χ0) is 17.5. The second-order valence-corrected chi connectivity index (χ2v) is 5.82. The van der Waals surface area contributed by atoms with Crippen molar-refractivity contribution in [3.8, 4) is 0 Å². The molecule has 0 aliphatic rings. The number of pyridine rings is 1. The predicted octanol–water partition coefficient (Wildman–Crippen LogP) is 3.82. The molecule has 0 saturated heterocycles. The highest BCUT2D eigenvalue weighted by Gasteiger charge is 2.17.